The van der Waals surface area contributed by atoms with E-state index in [1.807, 2.05) is 32.9 Å². The first-order valence-corrected chi connectivity index (χ1v) is 7.23. The summed E-state index contributed by atoms with van der Waals surface area (Å²) in [6.45, 7) is 7.07. The van der Waals surface area contributed by atoms with Gasteiger partial charge in [-0.15, -0.1) is 0 Å². The van der Waals surface area contributed by atoms with Crippen molar-refractivity contribution in [2.24, 2.45) is 0 Å². The van der Waals surface area contributed by atoms with Gasteiger partial charge in [-0.05, 0) is 32.9 Å². The van der Waals surface area contributed by atoms with E-state index in [0.29, 0.717) is 24.8 Å². The fraction of sp³-hybridized carbons (Fsp3) is 0.467. The first kappa shape index (κ1) is 14.5. The Bertz CT molecular complexity index is 656. The van der Waals surface area contributed by atoms with Crippen molar-refractivity contribution in [3.63, 3.8) is 0 Å². The molecule has 2 aromatic rings. The number of nitrogens with zero attached hydrogens (tertiary/aromatic N) is 4. The zero-order valence-corrected chi connectivity index (χ0v) is 12.9. The summed E-state index contributed by atoms with van der Waals surface area (Å²) in [5.74, 6) is 1.23. The molecule has 2 aromatic heterocycles. The van der Waals surface area contributed by atoms with Gasteiger partial charge in [0.25, 0.3) is 0 Å². The van der Waals surface area contributed by atoms with Gasteiger partial charge in [0, 0.05) is 36.6 Å². The molecule has 2 amide bonds. The van der Waals surface area contributed by atoms with Gasteiger partial charge in [0.1, 0.15) is 0 Å². The van der Waals surface area contributed by atoms with E-state index >= 15 is 0 Å². The Hall–Kier alpha value is -2.44. The molecule has 1 aliphatic rings. The second-order valence-corrected chi connectivity index (χ2v) is 6.47. The van der Waals surface area contributed by atoms with E-state index in [-0.39, 0.29) is 17.5 Å². The lowest BCUT2D eigenvalue weighted by Gasteiger charge is -2.38. The number of urea groups is 1. The van der Waals surface area contributed by atoms with Gasteiger partial charge in [-0.1, -0.05) is 5.16 Å². The van der Waals surface area contributed by atoms with Gasteiger partial charge < -0.3 is 14.7 Å². The molecule has 0 aliphatic carbocycles. The molecule has 0 radical (unpaired) electrons. The molecular weight excluding hydrogens is 282 g/mol. The van der Waals surface area contributed by atoms with Crippen LogP contribution in [0.3, 0.4) is 0 Å². The number of carbonyl (C=O) groups is 1. The van der Waals surface area contributed by atoms with Crippen molar-refractivity contribution in [3.8, 4) is 11.4 Å². The van der Waals surface area contributed by atoms with Crippen LogP contribution in [0.15, 0.2) is 29.0 Å². The molecule has 116 valence electrons. The number of rotatable bonds is 2. The second kappa shape index (κ2) is 5.40. The standard InChI is InChI=1S/C15H19N5O2/c1-15(2,3)18-14(21)20-8-11(9-20)13-17-12(19-22-13)10-4-6-16-7-5-10/h4-7,11H,8-9H2,1-3H3,(H,18,21). The molecule has 7 nitrogen and oxygen atoms in total. The topological polar surface area (TPSA) is 84.2 Å². The van der Waals surface area contributed by atoms with Crippen molar-refractivity contribution in [1.82, 2.24) is 25.3 Å². The summed E-state index contributed by atoms with van der Waals surface area (Å²) < 4.78 is 5.31. The Balaban J connectivity index is 1.60. The predicted molar refractivity (Wildman–Crippen MR) is 80.1 cm³/mol. The number of hydrogen-bond donors (Lipinski definition) is 1. The van der Waals surface area contributed by atoms with Crippen LogP contribution in [0.5, 0.6) is 0 Å². The minimum Gasteiger partial charge on any atom is -0.339 e. The maximum absolute atomic E-state index is 12.0. The second-order valence-electron chi connectivity index (χ2n) is 6.47. The third-order valence-corrected chi connectivity index (χ3v) is 3.38. The Kier molecular flexibility index (Phi) is 3.56. The van der Waals surface area contributed by atoms with E-state index < -0.39 is 0 Å². The maximum atomic E-state index is 12.0. The zero-order valence-electron chi connectivity index (χ0n) is 12.9. The molecule has 0 bridgehead atoms. The van der Waals surface area contributed by atoms with E-state index in [1.165, 1.54) is 0 Å². The van der Waals surface area contributed by atoms with Gasteiger partial charge in [0.05, 0.1) is 5.92 Å². The lowest BCUT2D eigenvalue weighted by atomic mass is 10.0. The molecule has 3 heterocycles. The van der Waals surface area contributed by atoms with Crippen LogP contribution in [-0.4, -0.2) is 44.7 Å². The molecule has 3 rings (SSSR count). The molecule has 0 unspecified atom stereocenters. The van der Waals surface area contributed by atoms with Crippen LogP contribution in [0.25, 0.3) is 11.4 Å². The summed E-state index contributed by atoms with van der Waals surface area (Å²) in [7, 11) is 0. The van der Waals surface area contributed by atoms with Gasteiger partial charge in [0.15, 0.2) is 0 Å². The lowest BCUT2D eigenvalue weighted by molar-refractivity contribution is 0.131. The van der Waals surface area contributed by atoms with E-state index in [2.05, 4.69) is 20.4 Å². The average molecular weight is 301 g/mol. The first-order valence-electron chi connectivity index (χ1n) is 7.23. The summed E-state index contributed by atoms with van der Waals surface area (Å²) in [6.07, 6.45) is 3.38. The molecule has 1 fully saturated rings. The lowest BCUT2D eigenvalue weighted by Crippen LogP contribution is -2.56. The Morgan fingerprint density at radius 3 is 2.64 bits per heavy atom. The number of amides is 2. The molecule has 1 N–H and O–H groups in total. The predicted octanol–water partition coefficient (Wildman–Crippen LogP) is 2.04. The number of hydrogen-bond acceptors (Lipinski definition) is 5. The molecule has 0 saturated carbocycles. The van der Waals surface area contributed by atoms with Crippen molar-refractivity contribution in [3.05, 3.63) is 30.4 Å². The third-order valence-electron chi connectivity index (χ3n) is 3.38. The normalized spacial score (nSPS) is 15.5. The fourth-order valence-electron chi connectivity index (χ4n) is 2.22. The van der Waals surface area contributed by atoms with Crippen molar-refractivity contribution < 1.29 is 9.32 Å². The van der Waals surface area contributed by atoms with E-state index in [9.17, 15) is 4.79 Å². The highest BCUT2D eigenvalue weighted by molar-refractivity contribution is 5.76. The summed E-state index contributed by atoms with van der Waals surface area (Å²) in [5.41, 5.74) is 0.632. The maximum Gasteiger partial charge on any atom is 0.317 e. The summed E-state index contributed by atoms with van der Waals surface area (Å²) in [5, 5.41) is 6.92. The molecule has 1 saturated heterocycles. The van der Waals surface area contributed by atoms with Crippen LogP contribution in [0.2, 0.25) is 0 Å². The molecule has 22 heavy (non-hydrogen) atoms. The van der Waals surface area contributed by atoms with Crippen LogP contribution >= 0.6 is 0 Å². The highest BCUT2D eigenvalue weighted by Crippen LogP contribution is 2.27. The molecule has 7 heteroatoms. The highest BCUT2D eigenvalue weighted by atomic mass is 16.5. The Morgan fingerprint density at radius 1 is 1.32 bits per heavy atom. The van der Waals surface area contributed by atoms with Crippen LogP contribution in [0.1, 0.15) is 32.6 Å². The zero-order chi connectivity index (χ0) is 15.7. The third kappa shape index (κ3) is 3.08. The molecule has 0 aromatic carbocycles. The summed E-state index contributed by atoms with van der Waals surface area (Å²) in [4.78, 5) is 22.1. The molecule has 0 spiro atoms. The highest BCUT2D eigenvalue weighted by Gasteiger charge is 2.36. The van der Waals surface area contributed by atoms with E-state index in [0.717, 1.165) is 5.56 Å². The van der Waals surface area contributed by atoms with Crippen LogP contribution < -0.4 is 5.32 Å². The van der Waals surface area contributed by atoms with E-state index in [1.54, 1.807) is 17.3 Å². The fourth-order valence-corrected chi connectivity index (χ4v) is 2.22. The Labute approximate surface area is 128 Å². The number of likely N-dealkylation sites (tertiary alicyclic amines) is 1. The molecular formula is C15H19N5O2. The summed E-state index contributed by atoms with van der Waals surface area (Å²) in [6, 6.07) is 3.61. The van der Waals surface area contributed by atoms with Gasteiger partial charge in [-0.3, -0.25) is 4.98 Å². The van der Waals surface area contributed by atoms with Crippen LogP contribution in [0, 0.1) is 0 Å². The minimum atomic E-state index is -0.235. The monoisotopic (exact) mass is 301 g/mol. The number of aromatic nitrogens is 3. The minimum absolute atomic E-state index is 0.0578. The van der Waals surface area contributed by atoms with Gasteiger partial charge in [0.2, 0.25) is 11.7 Å². The van der Waals surface area contributed by atoms with Gasteiger partial charge in [-0.25, -0.2) is 4.79 Å². The Morgan fingerprint density at radius 2 is 2.00 bits per heavy atom. The smallest absolute Gasteiger partial charge is 0.317 e. The van der Waals surface area contributed by atoms with Crippen molar-refractivity contribution in [2.45, 2.75) is 32.2 Å². The van der Waals surface area contributed by atoms with Gasteiger partial charge >= 0.3 is 6.03 Å². The quantitative estimate of drug-likeness (QED) is 0.917. The molecule has 1 aliphatic heterocycles. The number of pyridine rings is 1. The van der Waals surface area contributed by atoms with Gasteiger partial charge in [-0.2, -0.15) is 4.98 Å². The first-order chi connectivity index (χ1) is 10.4. The van der Waals surface area contributed by atoms with Crippen molar-refractivity contribution in [1.29, 1.82) is 0 Å². The summed E-state index contributed by atoms with van der Waals surface area (Å²) >= 11 is 0. The van der Waals surface area contributed by atoms with E-state index in [4.69, 9.17) is 4.52 Å². The SMILES string of the molecule is CC(C)(C)NC(=O)N1CC(c2nc(-c3ccncc3)no2)C1. The van der Waals surface area contributed by atoms with Crippen LogP contribution in [0.4, 0.5) is 4.79 Å². The van der Waals surface area contributed by atoms with Crippen LogP contribution in [-0.2, 0) is 0 Å². The van der Waals surface area contributed by atoms with Crippen molar-refractivity contribution >= 4 is 6.03 Å². The average Bonchev–Trinajstić information content (AvgIpc) is 2.85. The number of nitrogens with one attached hydrogen (secondary N) is 1. The number of carbonyl (C=O) groups excluding carboxylic acids is 1. The molecule has 0 atom stereocenters. The van der Waals surface area contributed by atoms with Crippen molar-refractivity contribution in [2.75, 3.05) is 13.1 Å². The largest absolute Gasteiger partial charge is 0.339 e.